The van der Waals surface area contributed by atoms with Crippen LogP contribution in [0.2, 0.25) is 0 Å². The molecule has 2 aliphatic heterocycles. The van der Waals surface area contributed by atoms with Gasteiger partial charge in [-0.1, -0.05) is 25.1 Å². The molecule has 0 aromatic carbocycles. The summed E-state index contributed by atoms with van der Waals surface area (Å²) in [6.45, 7) is 9.49. The minimum absolute atomic E-state index is 0.194. The molecule has 0 N–H and O–H groups in total. The smallest absolute Gasteiger partial charge is 0.226 e. The van der Waals surface area contributed by atoms with Crippen molar-refractivity contribution >= 4 is 5.91 Å². The summed E-state index contributed by atoms with van der Waals surface area (Å²) in [6.07, 6.45) is 7.59. The molecule has 2 aliphatic rings. The third-order valence-corrected chi connectivity index (χ3v) is 5.05. The Bertz CT molecular complexity index is 623. The van der Waals surface area contributed by atoms with E-state index in [0.29, 0.717) is 12.5 Å². The van der Waals surface area contributed by atoms with Crippen molar-refractivity contribution in [3.63, 3.8) is 0 Å². The lowest BCUT2D eigenvalue weighted by atomic mass is 9.92. The number of rotatable bonds is 5. The first-order valence-electron chi connectivity index (χ1n) is 9.53. The maximum Gasteiger partial charge on any atom is 0.226 e. The maximum atomic E-state index is 12.0. The number of carbonyl (C=O) groups is 1. The number of amides is 1. The van der Waals surface area contributed by atoms with E-state index in [1.807, 2.05) is 4.90 Å². The first kappa shape index (κ1) is 18.1. The lowest BCUT2D eigenvalue weighted by Gasteiger charge is -2.39. The van der Waals surface area contributed by atoms with Gasteiger partial charge in [0, 0.05) is 33.0 Å². The maximum absolute atomic E-state index is 12.0. The van der Waals surface area contributed by atoms with Crippen LogP contribution in [-0.4, -0.2) is 51.5 Å². The van der Waals surface area contributed by atoms with Gasteiger partial charge in [0.25, 0.3) is 0 Å². The van der Waals surface area contributed by atoms with Crippen molar-refractivity contribution in [2.75, 3.05) is 19.6 Å². The third kappa shape index (κ3) is 4.69. The Morgan fingerprint density at radius 2 is 2.20 bits per heavy atom. The first-order chi connectivity index (χ1) is 12.0. The molecule has 0 aliphatic carbocycles. The van der Waals surface area contributed by atoms with Gasteiger partial charge in [-0.2, -0.15) is 4.98 Å². The van der Waals surface area contributed by atoms with Crippen LogP contribution >= 0.6 is 0 Å². The quantitative estimate of drug-likeness (QED) is 0.767. The normalized spacial score (nSPS) is 22.3. The number of aromatic nitrogens is 2. The summed E-state index contributed by atoms with van der Waals surface area (Å²) in [6, 6.07) is 0.274. The molecule has 1 unspecified atom stereocenters. The fraction of sp³-hybridized carbons (Fsp3) is 0.737. The van der Waals surface area contributed by atoms with Crippen molar-refractivity contribution in [2.24, 2.45) is 5.92 Å². The molecule has 1 aromatic heterocycles. The third-order valence-electron chi connectivity index (χ3n) is 5.05. The van der Waals surface area contributed by atoms with Crippen molar-refractivity contribution in [2.45, 2.75) is 65.5 Å². The highest BCUT2D eigenvalue weighted by atomic mass is 16.5. The summed E-state index contributed by atoms with van der Waals surface area (Å²) >= 11 is 0. The van der Waals surface area contributed by atoms with E-state index in [1.165, 1.54) is 12.0 Å². The average Bonchev–Trinajstić information content (AvgIpc) is 3.01. The van der Waals surface area contributed by atoms with Gasteiger partial charge in [-0.05, 0) is 37.2 Å². The molecule has 1 atom stereocenters. The van der Waals surface area contributed by atoms with Crippen LogP contribution in [0.1, 0.15) is 58.2 Å². The van der Waals surface area contributed by atoms with E-state index in [9.17, 15) is 4.79 Å². The molecule has 3 heterocycles. The molecule has 0 bridgehead atoms. The minimum Gasteiger partial charge on any atom is -0.339 e. The van der Waals surface area contributed by atoms with E-state index in [0.717, 1.165) is 57.0 Å². The molecule has 0 radical (unpaired) electrons. The number of likely N-dealkylation sites (tertiary alicyclic amines) is 1. The predicted octanol–water partition coefficient (Wildman–Crippen LogP) is 2.80. The van der Waals surface area contributed by atoms with Crippen LogP contribution in [0.15, 0.2) is 16.2 Å². The second-order valence-corrected chi connectivity index (χ2v) is 7.70. The zero-order chi connectivity index (χ0) is 17.8. The van der Waals surface area contributed by atoms with Gasteiger partial charge in [-0.15, -0.1) is 0 Å². The minimum atomic E-state index is 0.194. The van der Waals surface area contributed by atoms with Crippen LogP contribution in [0.3, 0.4) is 0 Å². The Kier molecular flexibility index (Phi) is 5.89. The Morgan fingerprint density at radius 3 is 2.96 bits per heavy atom. The molecule has 3 rings (SSSR count). The highest BCUT2D eigenvalue weighted by molar-refractivity contribution is 5.74. The summed E-state index contributed by atoms with van der Waals surface area (Å²) in [5.41, 5.74) is 1.38. The zero-order valence-electron chi connectivity index (χ0n) is 15.7. The average molecular weight is 346 g/mol. The highest BCUT2D eigenvalue weighted by Gasteiger charge is 2.29. The molecule has 6 nitrogen and oxygen atoms in total. The van der Waals surface area contributed by atoms with Crippen LogP contribution in [-0.2, 0) is 17.8 Å². The van der Waals surface area contributed by atoms with Gasteiger partial charge in [0.05, 0.1) is 12.6 Å². The molecule has 25 heavy (non-hydrogen) atoms. The molecule has 6 heteroatoms. The topological polar surface area (TPSA) is 62.5 Å². The van der Waals surface area contributed by atoms with E-state index in [-0.39, 0.29) is 11.9 Å². The fourth-order valence-electron chi connectivity index (χ4n) is 3.89. The molecule has 138 valence electrons. The molecule has 1 aromatic rings. The van der Waals surface area contributed by atoms with Gasteiger partial charge in [-0.25, -0.2) is 0 Å². The second kappa shape index (κ2) is 8.13. The van der Waals surface area contributed by atoms with Crippen LogP contribution in [0.5, 0.6) is 0 Å². The Hall–Kier alpha value is -1.69. The zero-order valence-corrected chi connectivity index (χ0v) is 15.7. The molecule has 0 saturated carbocycles. The molecular weight excluding hydrogens is 316 g/mol. The van der Waals surface area contributed by atoms with Gasteiger partial charge >= 0.3 is 0 Å². The summed E-state index contributed by atoms with van der Waals surface area (Å²) in [7, 11) is 0. The highest BCUT2D eigenvalue weighted by Crippen LogP contribution is 2.26. The monoisotopic (exact) mass is 346 g/mol. The number of hydrogen-bond acceptors (Lipinski definition) is 5. The Morgan fingerprint density at radius 1 is 1.36 bits per heavy atom. The lowest BCUT2D eigenvalue weighted by molar-refractivity contribution is -0.131. The second-order valence-electron chi connectivity index (χ2n) is 7.70. The summed E-state index contributed by atoms with van der Waals surface area (Å²) in [5, 5.41) is 4.13. The van der Waals surface area contributed by atoms with Gasteiger partial charge < -0.3 is 9.42 Å². The van der Waals surface area contributed by atoms with Crippen molar-refractivity contribution in [1.29, 1.82) is 0 Å². The molecule has 0 spiro atoms. The van der Waals surface area contributed by atoms with Gasteiger partial charge in [-0.3, -0.25) is 9.69 Å². The molecule has 1 saturated heterocycles. The SMILES string of the molecule is CC(=O)N1CCCCC1C1=CCCN(Cc2noc(CC(C)C)n2)C1. The summed E-state index contributed by atoms with van der Waals surface area (Å²) in [5.74, 6) is 2.21. The van der Waals surface area contributed by atoms with Crippen molar-refractivity contribution in [1.82, 2.24) is 19.9 Å². The van der Waals surface area contributed by atoms with Crippen LogP contribution in [0.25, 0.3) is 0 Å². The molecule has 1 fully saturated rings. The van der Waals surface area contributed by atoms with E-state index in [1.54, 1.807) is 6.92 Å². The van der Waals surface area contributed by atoms with Crippen molar-refractivity contribution in [3.05, 3.63) is 23.4 Å². The van der Waals surface area contributed by atoms with Crippen molar-refractivity contribution < 1.29 is 9.32 Å². The summed E-state index contributed by atoms with van der Waals surface area (Å²) in [4.78, 5) is 20.9. The lowest BCUT2D eigenvalue weighted by Crippen LogP contribution is -2.46. The van der Waals surface area contributed by atoms with Crippen LogP contribution in [0.4, 0.5) is 0 Å². The molecule has 1 amide bonds. The first-order valence-corrected chi connectivity index (χ1v) is 9.53. The van der Waals surface area contributed by atoms with Gasteiger partial charge in [0.15, 0.2) is 5.82 Å². The number of nitrogens with zero attached hydrogens (tertiary/aromatic N) is 4. The van der Waals surface area contributed by atoms with Gasteiger partial charge in [0.1, 0.15) is 0 Å². The fourth-order valence-corrected chi connectivity index (χ4v) is 3.89. The standard InChI is InChI=1S/C19H30N4O2/c1-14(2)11-19-20-18(21-25-19)13-22-9-6-7-16(12-22)17-8-4-5-10-23(17)15(3)24/h7,14,17H,4-6,8-13H2,1-3H3. The van der Waals surface area contributed by atoms with Crippen LogP contribution in [0, 0.1) is 5.92 Å². The van der Waals surface area contributed by atoms with Crippen LogP contribution < -0.4 is 0 Å². The van der Waals surface area contributed by atoms with E-state index in [4.69, 9.17) is 4.52 Å². The number of hydrogen-bond donors (Lipinski definition) is 0. The predicted molar refractivity (Wildman–Crippen MR) is 95.8 cm³/mol. The largest absolute Gasteiger partial charge is 0.339 e. The number of piperidine rings is 1. The Labute approximate surface area is 150 Å². The number of carbonyl (C=O) groups excluding carboxylic acids is 1. The van der Waals surface area contributed by atoms with E-state index in [2.05, 4.69) is 35.0 Å². The van der Waals surface area contributed by atoms with Gasteiger partial charge in [0.2, 0.25) is 11.8 Å². The van der Waals surface area contributed by atoms with E-state index < -0.39 is 0 Å². The van der Waals surface area contributed by atoms with E-state index >= 15 is 0 Å². The molecular formula is C19H30N4O2. The summed E-state index contributed by atoms with van der Waals surface area (Å²) < 4.78 is 5.35. The van der Waals surface area contributed by atoms with Crippen molar-refractivity contribution in [3.8, 4) is 0 Å². The Balaban J connectivity index is 1.61.